The second kappa shape index (κ2) is 8.23. The first kappa shape index (κ1) is 20.3. The Labute approximate surface area is 193 Å². The standard InChI is InChI=1S/C28H28FN3O/c1-20-2-5-24(6-3-20)32-27-11-4-21(29)18-25(27)26-19-31(13-12-28(26)32)23-9-7-22(8-10-23)30-14-16-33-17-15-30/h2-11,18H,12-17,19H2,1H3. The molecule has 0 unspecified atom stereocenters. The smallest absolute Gasteiger partial charge is 0.123 e. The number of aryl methyl sites for hydroxylation is 1. The monoisotopic (exact) mass is 441 g/mol. The van der Waals surface area contributed by atoms with Crippen molar-refractivity contribution in [1.29, 1.82) is 0 Å². The van der Waals surface area contributed by atoms with Crippen LogP contribution >= 0.6 is 0 Å². The molecule has 0 N–H and O–H groups in total. The van der Waals surface area contributed by atoms with Gasteiger partial charge in [0.15, 0.2) is 0 Å². The van der Waals surface area contributed by atoms with Gasteiger partial charge in [-0.15, -0.1) is 0 Å². The molecule has 0 bridgehead atoms. The van der Waals surface area contributed by atoms with Gasteiger partial charge >= 0.3 is 0 Å². The fraction of sp³-hybridized carbons (Fsp3) is 0.286. The highest BCUT2D eigenvalue weighted by atomic mass is 19.1. The van der Waals surface area contributed by atoms with E-state index in [1.165, 1.54) is 28.2 Å². The van der Waals surface area contributed by atoms with E-state index in [1.54, 1.807) is 12.1 Å². The second-order valence-electron chi connectivity index (χ2n) is 9.05. The number of benzene rings is 3. The summed E-state index contributed by atoms with van der Waals surface area (Å²) in [5, 5.41) is 1.01. The second-order valence-corrected chi connectivity index (χ2v) is 9.05. The molecule has 5 heteroatoms. The van der Waals surface area contributed by atoms with Crippen molar-refractivity contribution in [1.82, 2.24) is 4.57 Å². The molecule has 6 rings (SSSR count). The molecule has 1 saturated heterocycles. The molecule has 0 radical (unpaired) electrons. The third-order valence-corrected chi connectivity index (χ3v) is 6.99. The topological polar surface area (TPSA) is 20.6 Å². The van der Waals surface area contributed by atoms with Crippen molar-refractivity contribution in [2.75, 3.05) is 42.6 Å². The maximum absolute atomic E-state index is 14.3. The fourth-order valence-corrected chi connectivity index (χ4v) is 5.24. The molecule has 1 fully saturated rings. The van der Waals surface area contributed by atoms with Crippen molar-refractivity contribution in [2.24, 2.45) is 0 Å². The summed E-state index contributed by atoms with van der Waals surface area (Å²) in [6, 6.07) is 22.7. The van der Waals surface area contributed by atoms with Crippen LogP contribution in [0, 0.1) is 12.7 Å². The Bertz CT molecular complexity index is 1290. The molecular weight excluding hydrogens is 413 g/mol. The molecule has 0 spiro atoms. The van der Waals surface area contributed by atoms with Gasteiger partial charge in [-0.1, -0.05) is 17.7 Å². The summed E-state index contributed by atoms with van der Waals surface area (Å²) >= 11 is 0. The zero-order chi connectivity index (χ0) is 22.4. The molecule has 0 amide bonds. The van der Waals surface area contributed by atoms with Crippen LogP contribution < -0.4 is 9.80 Å². The van der Waals surface area contributed by atoms with Crippen molar-refractivity contribution in [3.8, 4) is 5.69 Å². The maximum atomic E-state index is 14.3. The predicted octanol–water partition coefficient (Wildman–Crippen LogP) is 5.48. The van der Waals surface area contributed by atoms with Crippen LogP contribution in [0.4, 0.5) is 15.8 Å². The molecule has 2 aliphatic rings. The Morgan fingerprint density at radius 1 is 0.758 bits per heavy atom. The van der Waals surface area contributed by atoms with E-state index in [0.29, 0.717) is 0 Å². The summed E-state index contributed by atoms with van der Waals surface area (Å²) in [6.07, 6.45) is 0.921. The van der Waals surface area contributed by atoms with E-state index in [9.17, 15) is 4.39 Å². The lowest BCUT2D eigenvalue weighted by Gasteiger charge is -2.32. The van der Waals surface area contributed by atoms with Gasteiger partial charge in [0.25, 0.3) is 0 Å². The SMILES string of the molecule is Cc1ccc(-n2c3c(c4cc(F)ccc42)CN(c2ccc(N4CCOCC4)cc2)CC3)cc1. The minimum Gasteiger partial charge on any atom is -0.378 e. The fourth-order valence-electron chi connectivity index (χ4n) is 5.24. The van der Waals surface area contributed by atoms with Gasteiger partial charge in [-0.25, -0.2) is 4.39 Å². The van der Waals surface area contributed by atoms with Crippen LogP contribution in [0.1, 0.15) is 16.8 Å². The minimum atomic E-state index is -0.182. The van der Waals surface area contributed by atoms with E-state index in [2.05, 4.69) is 69.8 Å². The minimum absolute atomic E-state index is 0.182. The Kier molecular flexibility index (Phi) is 5.07. The molecule has 3 heterocycles. The first-order valence-corrected chi connectivity index (χ1v) is 11.7. The molecular formula is C28H28FN3O. The lowest BCUT2D eigenvalue weighted by molar-refractivity contribution is 0.122. The van der Waals surface area contributed by atoms with Gasteiger partial charge < -0.3 is 19.1 Å². The molecule has 2 aliphatic heterocycles. The quantitative estimate of drug-likeness (QED) is 0.420. The molecule has 3 aromatic carbocycles. The van der Waals surface area contributed by atoms with Gasteiger partial charge in [0.2, 0.25) is 0 Å². The number of morpholine rings is 1. The van der Waals surface area contributed by atoms with Crippen LogP contribution in [-0.2, 0) is 17.7 Å². The molecule has 0 atom stereocenters. The number of hydrogen-bond acceptors (Lipinski definition) is 3. The number of nitrogens with zero attached hydrogens (tertiary/aromatic N) is 3. The average Bonchev–Trinajstić information content (AvgIpc) is 3.18. The normalized spacial score (nSPS) is 16.3. The predicted molar refractivity (Wildman–Crippen MR) is 132 cm³/mol. The highest BCUT2D eigenvalue weighted by molar-refractivity contribution is 5.88. The third kappa shape index (κ3) is 3.66. The third-order valence-electron chi connectivity index (χ3n) is 6.99. The zero-order valence-electron chi connectivity index (χ0n) is 18.9. The van der Waals surface area contributed by atoms with Crippen LogP contribution in [0.15, 0.2) is 66.7 Å². The van der Waals surface area contributed by atoms with Crippen molar-refractivity contribution < 1.29 is 9.13 Å². The number of anilines is 2. The first-order chi connectivity index (χ1) is 16.2. The van der Waals surface area contributed by atoms with Crippen molar-refractivity contribution in [3.63, 3.8) is 0 Å². The van der Waals surface area contributed by atoms with E-state index in [0.717, 1.165) is 62.4 Å². The average molecular weight is 442 g/mol. The van der Waals surface area contributed by atoms with Crippen LogP contribution in [-0.4, -0.2) is 37.4 Å². The zero-order valence-corrected chi connectivity index (χ0v) is 18.9. The molecule has 168 valence electrons. The number of fused-ring (bicyclic) bond motifs is 3. The van der Waals surface area contributed by atoms with Crippen molar-refractivity contribution in [3.05, 3.63) is 89.4 Å². The molecule has 4 aromatic rings. The van der Waals surface area contributed by atoms with Gasteiger partial charge in [-0.05, 0) is 61.5 Å². The molecule has 0 aliphatic carbocycles. The summed E-state index contributed by atoms with van der Waals surface area (Å²) in [7, 11) is 0. The van der Waals surface area contributed by atoms with E-state index >= 15 is 0 Å². The van der Waals surface area contributed by atoms with E-state index in [4.69, 9.17) is 4.74 Å². The van der Waals surface area contributed by atoms with E-state index in [1.807, 2.05) is 6.07 Å². The number of rotatable bonds is 3. The number of ether oxygens (including phenoxy) is 1. The maximum Gasteiger partial charge on any atom is 0.123 e. The summed E-state index contributed by atoms with van der Waals surface area (Å²) in [5.41, 5.74) is 8.44. The Hall–Kier alpha value is -3.31. The Morgan fingerprint density at radius 2 is 1.42 bits per heavy atom. The van der Waals surface area contributed by atoms with Gasteiger partial charge in [-0.3, -0.25) is 0 Å². The first-order valence-electron chi connectivity index (χ1n) is 11.7. The molecule has 0 saturated carbocycles. The van der Waals surface area contributed by atoms with E-state index in [-0.39, 0.29) is 5.82 Å². The molecule has 1 aromatic heterocycles. The Morgan fingerprint density at radius 3 is 2.15 bits per heavy atom. The van der Waals surface area contributed by atoms with Crippen LogP contribution in [0.2, 0.25) is 0 Å². The van der Waals surface area contributed by atoms with Gasteiger partial charge in [0, 0.05) is 66.3 Å². The lowest BCUT2D eigenvalue weighted by Crippen LogP contribution is -2.36. The van der Waals surface area contributed by atoms with Gasteiger partial charge in [-0.2, -0.15) is 0 Å². The van der Waals surface area contributed by atoms with Gasteiger partial charge in [0.1, 0.15) is 5.82 Å². The molecule has 4 nitrogen and oxygen atoms in total. The highest BCUT2D eigenvalue weighted by Crippen LogP contribution is 2.36. The number of aromatic nitrogens is 1. The largest absolute Gasteiger partial charge is 0.378 e. The van der Waals surface area contributed by atoms with Gasteiger partial charge in [0.05, 0.1) is 18.7 Å². The lowest BCUT2D eigenvalue weighted by atomic mass is 10.0. The summed E-state index contributed by atoms with van der Waals surface area (Å²) < 4.78 is 22.1. The Balaban J connectivity index is 1.36. The van der Waals surface area contributed by atoms with Crippen LogP contribution in [0.3, 0.4) is 0 Å². The highest BCUT2D eigenvalue weighted by Gasteiger charge is 2.25. The van der Waals surface area contributed by atoms with Crippen molar-refractivity contribution >= 4 is 22.3 Å². The summed E-state index contributed by atoms with van der Waals surface area (Å²) in [4.78, 5) is 4.79. The molecule has 33 heavy (non-hydrogen) atoms. The van der Waals surface area contributed by atoms with Crippen molar-refractivity contribution in [2.45, 2.75) is 19.9 Å². The van der Waals surface area contributed by atoms with Crippen LogP contribution in [0.5, 0.6) is 0 Å². The van der Waals surface area contributed by atoms with E-state index < -0.39 is 0 Å². The van der Waals surface area contributed by atoms with Crippen LogP contribution in [0.25, 0.3) is 16.6 Å². The number of halogens is 1. The summed E-state index contributed by atoms with van der Waals surface area (Å²) in [5.74, 6) is -0.182. The summed E-state index contributed by atoms with van der Waals surface area (Å²) in [6.45, 7) is 7.29. The number of hydrogen-bond donors (Lipinski definition) is 0.